The molecule has 0 radical (unpaired) electrons. The number of nitrogens with one attached hydrogen (secondary N) is 1. The number of carbonyl (C=O) groups is 1. The van der Waals surface area contributed by atoms with Crippen molar-refractivity contribution in [3.8, 4) is 0 Å². The highest BCUT2D eigenvalue weighted by Crippen LogP contribution is 2.16. The van der Waals surface area contributed by atoms with Crippen LogP contribution in [0.15, 0.2) is 0 Å². The molecule has 0 spiro atoms. The molecule has 78 valence electrons. The number of hydrogen-bond donors (Lipinski definition) is 1. The summed E-state index contributed by atoms with van der Waals surface area (Å²) in [6, 6.07) is -0.422. The number of halogens is 4. The topological polar surface area (TPSA) is 29.1 Å². The van der Waals surface area contributed by atoms with E-state index in [1.807, 2.05) is 27.9 Å². The monoisotopic (exact) mass is 309 g/mol. The molecule has 0 aromatic carbocycles. The van der Waals surface area contributed by atoms with Gasteiger partial charge in [0.25, 0.3) is 0 Å². The first-order chi connectivity index (χ1) is 5.79. The fourth-order valence-corrected chi connectivity index (χ4v) is 1.87. The summed E-state index contributed by atoms with van der Waals surface area (Å²) in [7, 11) is 0. The van der Waals surface area contributed by atoms with E-state index in [0.717, 1.165) is 0 Å². The van der Waals surface area contributed by atoms with Crippen molar-refractivity contribution in [3.05, 3.63) is 0 Å². The van der Waals surface area contributed by atoms with Gasteiger partial charge in [-0.15, -0.1) is 0 Å². The molecule has 0 aliphatic carbocycles. The molecule has 0 heterocycles. The summed E-state index contributed by atoms with van der Waals surface area (Å²) in [5.41, 5.74) is 0. The van der Waals surface area contributed by atoms with Crippen LogP contribution in [-0.2, 0) is 4.79 Å². The van der Waals surface area contributed by atoms with E-state index in [1.165, 1.54) is 0 Å². The van der Waals surface area contributed by atoms with Gasteiger partial charge in [0.1, 0.15) is 0 Å². The van der Waals surface area contributed by atoms with E-state index in [4.69, 9.17) is 0 Å². The summed E-state index contributed by atoms with van der Waals surface area (Å²) >= 11 is 1.94. The highest BCUT2D eigenvalue weighted by atomic mass is 127. The van der Waals surface area contributed by atoms with Gasteiger partial charge >= 0.3 is 12.1 Å². The van der Waals surface area contributed by atoms with Gasteiger partial charge in [0.05, 0.1) is 0 Å². The van der Waals surface area contributed by atoms with Crippen LogP contribution in [0.4, 0.5) is 13.2 Å². The molecule has 6 heteroatoms. The van der Waals surface area contributed by atoms with Gasteiger partial charge in [-0.25, -0.2) is 0 Å². The van der Waals surface area contributed by atoms with Crippen LogP contribution in [0.2, 0.25) is 0 Å². The molecule has 0 aromatic rings. The van der Waals surface area contributed by atoms with Gasteiger partial charge in [0.15, 0.2) is 0 Å². The molecule has 1 N–H and O–H groups in total. The Morgan fingerprint density at radius 3 is 2.15 bits per heavy atom. The van der Waals surface area contributed by atoms with E-state index < -0.39 is 18.1 Å². The van der Waals surface area contributed by atoms with E-state index in [2.05, 4.69) is 0 Å². The number of rotatable bonds is 3. The Balaban J connectivity index is 4.18. The van der Waals surface area contributed by atoms with E-state index in [1.54, 1.807) is 13.8 Å². The third-order valence-electron chi connectivity index (χ3n) is 1.54. The van der Waals surface area contributed by atoms with Crippen molar-refractivity contribution < 1.29 is 18.0 Å². The van der Waals surface area contributed by atoms with Gasteiger partial charge in [0, 0.05) is 10.5 Å². The third kappa shape index (κ3) is 4.68. The Kier molecular flexibility index (Phi) is 5.01. The predicted octanol–water partition coefficient (Wildman–Crippen LogP) is 2.12. The van der Waals surface area contributed by atoms with Gasteiger partial charge in [-0.1, -0.05) is 36.4 Å². The van der Waals surface area contributed by atoms with Gasteiger partial charge in [-0.3, -0.25) is 4.79 Å². The Hall–Kier alpha value is -0.0100. The summed E-state index contributed by atoms with van der Waals surface area (Å²) in [6.45, 7) is 3.53. The molecule has 0 saturated carbocycles. The third-order valence-corrected chi connectivity index (χ3v) is 2.49. The number of carbonyl (C=O) groups excluding carboxylic acids is 1. The van der Waals surface area contributed by atoms with Crippen molar-refractivity contribution in [1.82, 2.24) is 5.32 Å². The maximum absolute atomic E-state index is 11.8. The van der Waals surface area contributed by atoms with Crippen LogP contribution in [-0.4, -0.2) is 22.6 Å². The molecule has 0 saturated heterocycles. The second kappa shape index (κ2) is 5.02. The zero-order valence-corrected chi connectivity index (χ0v) is 9.44. The predicted molar refractivity (Wildman–Crippen MR) is 51.7 cm³/mol. The van der Waals surface area contributed by atoms with Gasteiger partial charge in [-0.2, -0.15) is 13.2 Å². The van der Waals surface area contributed by atoms with Crippen molar-refractivity contribution in [2.24, 2.45) is 5.92 Å². The second-order valence-electron chi connectivity index (χ2n) is 2.98. The SMILES string of the molecule is CC(C)[C@@H](CI)NC(=O)C(F)(F)F. The molecular formula is C7H11F3INO. The molecule has 1 atom stereocenters. The normalized spacial score (nSPS) is 14.4. The number of hydrogen-bond acceptors (Lipinski definition) is 1. The molecule has 0 rings (SSSR count). The first kappa shape index (κ1) is 13.0. The van der Waals surface area contributed by atoms with Crippen LogP contribution in [0.1, 0.15) is 13.8 Å². The van der Waals surface area contributed by atoms with Crippen LogP contribution < -0.4 is 5.32 Å². The van der Waals surface area contributed by atoms with Gasteiger partial charge in [-0.05, 0) is 5.92 Å². The van der Waals surface area contributed by atoms with E-state index in [0.29, 0.717) is 4.43 Å². The standard InChI is InChI=1S/C7H11F3INO/c1-4(2)5(3-11)12-6(13)7(8,9)10/h4-5H,3H2,1-2H3,(H,12,13)/t5-/m1/s1. The lowest BCUT2D eigenvalue weighted by Gasteiger charge is -2.20. The average Bonchev–Trinajstić information content (AvgIpc) is 1.96. The van der Waals surface area contributed by atoms with Crippen LogP contribution >= 0.6 is 22.6 Å². The zero-order valence-electron chi connectivity index (χ0n) is 7.28. The summed E-state index contributed by atoms with van der Waals surface area (Å²) < 4.78 is 35.9. The molecule has 2 nitrogen and oxygen atoms in total. The van der Waals surface area contributed by atoms with E-state index >= 15 is 0 Å². The molecule has 13 heavy (non-hydrogen) atoms. The molecule has 0 fully saturated rings. The van der Waals surface area contributed by atoms with E-state index in [-0.39, 0.29) is 5.92 Å². The molecule has 0 aromatic heterocycles. The second-order valence-corrected chi connectivity index (χ2v) is 3.86. The van der Waals surface area contributed by atoms with Crippen LogP contribution in [0.25, 0.3) is 0 Å². The van der Waals surface area contributed by atoms with Crippen LogP contribution in [0.3, 0.4) is 0 Å². The number of amides is 1. The Bertz CT molecular complexity index is 181. The van der Waals surface area contributed by atoms with Crippen molar-refractivity contribution in [2.45, 2.75) is 26.1 Å². The summed E-state index contributed by atoms with van der Waals surface area (Å²) in [4.78, 5) is 10.5. The zero-order chi connectivity index (χ0) is 10.6. The molecule has 0 aliphatic rings. The molecular weight excluding hydrogens is 298 g/mol. The fraction of sp³-hybridized carbons (Fsp3) is 0.857. The molecule has 0 aliphatic heterocycles. The van der Waals surface area contributed by atoms with Crippen LogP contribution in [0.5, 0.6) is 0 Å². The van der Waals surface area contributed by atoms with Crippen molar-refractivity contribution in [2.75, 3.05) is 4.43 Å². The van der Waals surface area contributed by atoms with Crippen molar-refractivity contribution >= 4 is 28.5 Å². The lowest BCUT2D eigenvalue weighted by molar-refractivity contribution is -0.174. The minimum Gasteiger partial charge on any atom is -0.345 e. The fourth-order valence-electron chi connectivity index (χ4n) is 0.634. The maximum Gasteiger partial charge on any atom is 0.471 e. The minimum absolute atomic E-state index is 0.00296. The highest BCUT2D eigenvalue weighted by molar-refractivity contribution is 14.1. The molecule has 0 bridgehead atoms. The first-order valence-electron chi connectivity index (χ1n) is 3.72. The molecule has 0 unspecified atom stereocenters. The van der Waals surface area contributed by atoms with Crippen molar-refractivity contribution in [3.63, 3.8) is 0 Å². The maximum atomic E-state index is 11.8. The highest BCUT2D eigenvalue weighted by Gasteiger charge is 2.39. The quantitative estimate of drug-likeness (QED) is 0.628. The summed E-state index contributed by atoms with van der Waals surface area (Å²) in [6.07, 6.45) is -4.78. The lowest BCUT2D eigenvalue weighted by Crippen LogP contribution is -2.46. The van der Waals surface area contributed by atoms with E-state index in [9.17, 15) is 18.0 Å². The average molecular weight is 309 g/mol. The Morgan fingerprint density at radius 2 is 1.92 bits per heavy atom. The molecule has 1 amide bonds. The largest absolute Gasteiger partial charge is 0.471 e. The minimum atomic E-state index is -4.78. The lowest BCUT2D eigenvalue weighted by atomic mass is 10.1. The Morgan fingerprint density at radius 1 is 1.46 bits per heavy atom. The van der Waals surface area contributed by atoms with Gasteiger partial charge in [0.2, 0.25) is 0 Å². The first-order valence-corrected chi connectivity index (χ1v) is 5.25. The number of alkyl halides is 4. The summed E-state index contributed by atoms with van der Waals surface area (Å²) in [5.74, 6) is -1.86. The smallest absolute Gasteiger partial charge is 0.345 e. The van der Waals surface area contributed by atoms with Crippen molar-refractivity contribution in [1.29, 1.82) is 0 Å². The summed E-state index contributed by atoms with van der Waals surface area (Å²) in [5, 5.41) is 1.93. The van der Waals surface area contributed by atoms with Gasteiger partial charge < -0.3 is 5.32 Å². The van der Waals surface area contributed by atoms with Crippen LogP contribution in [0, 0.1) is 5.92 Å². The Labute approximate surface area is 88.4 Å².